The fourth-order valence-corrected chi connectivity index (χ4v) is 3.48. The number of nitrogens with one attached hydrogen (secondary N) is 1. The molecule has 1 aromatic heterocycles. The van der Waals surface area contributed by atoms with E-state index in [4.69, 9.17) is 15.2 Å². The van der Waals surface area contributed by atoms with Crippen LogP contribution in [0.1, 0.15) is 41.0 Å². The Bertz CT molecular complexity index is 637. The quantitative estimate of drug-likeness (QED) is 0.754. The summed E-state index contributed by atoms with van der Waals surface area (Å²) in [5.74, 6) is -0.0524. The summed E-state index contributed by atoms with van der Waals surface area (Å²) in [5.41, 5.74) is 8.07. The van der Waals surface area contributed by atoms with Gasteiger partial charge >= 0.3 is 0 Å². The standard InChI is InChI=1S/C18H29N5O3/c1-23(2)8-10-26-15-7-9-25-11-14(15)20-17(24)16-12-5-3-4-6-13(12)21-18(19)22-16/h14-15H,3-11H2,1-2H3,(H,20,24)(H2,19,21,22)/t14-,15+/m0/s1. The zero-order valence-electron chi connectivity index (χ0n) is 15.7. The highest BCUT2D eigenvalue weighted by atomic mass is 16.5. The van der Waals surface area contributed by atoms with E-state index in [2.05, 4.69) is 20.2 Å². The number of nitrogens with two attached hydrogens (primary N) is 1. The molecule has 1 aliphatic heterocycles. The minimum atomic E-state index is -0.214. The van der Waals surface area contributed by atoms with Crippen LogP contribution in [0.5, 0.6) is 0 Å². The van der Waals surface area contributed by atoms with E-state index in [1.165, 1.54) is 0 Å². The first-order valence-electron chi connectivity index (χ1n) is 9.35. The monoisotopic (exact) mass is 363 g/mol. The molecule has 0 radical (unpaired) electrons. The summed E-state index contributed by atoms with van der Waals surface area (Å²) >= 11 is 0. The largest absolute Gasteiger partial charge is 0.379 e. The summed E-state index contributed by atoms with van der Waals surface area (Å²) in [6.45, 7) is 2.56. The Kier molecular flexibility index (Phi) is 6.39. The van der Waals surface area contributed by atoms with Crippen LogP contribution >= 0.6 is 0 Å². The van der Waals surface area contributed by atoms with Crippen molar-refractivity contribution in [2.24, 2.45) is 0 Å². The lowest BCUT2D eigenvalue weighted by Crippen LogP contribution is -2.51. The van der Waals surface area contributed by atoms with Crippen molar-refractivity contribution in [3.63, 3.8) is 0 Å². The number of nitrogens with zero attached hydrogens (tertiary/aromatic N) is 3. The molecular formula is C18H29N5O3. The van der Waals surface area contributed by atoms with Gasteiger partial charge in [0.05, 0.1) is 25.4 Å². The number of hydrogen-bond acceptors (Lipinski definition) is 7. The molecule has 0 saturated carbocycles. The van der Waals surface area contributed by atoms with Crippen molar-refractivity contribution in [3.8, 4) is 0 Å². The van der Waals surface area contributed by atoms with Gasteiger partial charge in [-0.05, 0) is 46.2 Å². The summed E-state index contributed by atoms with van der Waals surface area (Å²) in [7, 11) is 4.02. The Balaban J connectivity index is 1.69. The first-order valence-corrected chi connectivity index (χ1v) is 9.35. The van der Waals surface area contributed by atoms with Gasteiger partial charge in [-0.1, -0.05) is 0 Å². The summed E-state index contributed by atoms with van der Waals surface area (Å²) in [6.07, 6.45) is 4.50. The number of carbonyl (C=O) groups is 1. The van der Waals surface area contributed by atoms with E-state index in [1.807, 2.05) is 14.1 Å². The van der Waals surface area contributed by atoms with Crippen molar-refractivity contribution in [2.45, 2.75) is 44.2 Å². The van der Waals surface area contributed by atoms with Crippen LogP contribution in [-0.4, -0.2) is 73.4 Å². The Hall–Kier alpha value is -1.77. The van der Waals surface area contributed by atoms with Crippen molar-refractivity contribution >= 4 is 11.9 Å². The highest BCUT2D eigenvalue weighted by molar-refractivity contribution is 5.94. The molecule has 1 amide bonds. The maximum atomic E-state index is 12.9. The van der Waals surface area contributed by atoms with Crippen LogP contribution in [0, 0.1) is 0 Å². The van der Waals surface area contributed by atoms with Gasteiger partial charge < -0.3 is 25.4 Å². The van der Waals surface area contributed by atoms with Crippen LogP contribution in [0.15, 0.2) is 0 Å². The molecule has 0 unspecified atom stereocenters. The van der Waals surface area contributed by atoms with E-state index in [0.29, 0.717) is 25.5 Å². The highest BCUT2D eigenvalue weighted by Crippen LogP contribution is 2.23. The molecule has 3 rings (SSSR count). The maximum absolute atomic E-state index is 12.9. The summed E-state index contributed by atoms with van der Waals surface area (Å²) in [6, 6.07) is -0.186. The average molecular weight is 363 g/mol. The number of carbonyl (C=O) groups excluding carboxylic acids is 1. The molecule has 2 atom stereocenters. The van der Waals surface area contributed by atoms with Crippen molar-refractivity contribution in [2.75, 3.05) is 46.2 Å². The van der Waals surface area contributed by atoms with Gasteiger partial charge in [0.25, 0.3) is 5.91 Å². The van der Waals surface area contributed by atoms with Gasteiger partial charge in [-0.2, -0.15) is 0 Å². The van der Waals surface area contributed by atoms with Crippen LogP contribution in [0.25, 0.3) is 0 Å². The van der Waals surface area contributed by atoms with Gasteiger partial charge in [-0.15, -0.1) is 0 Å². The van der Waals surface area contributed by atoms with Crippen molar-refractivity contribution in [1.29, 1.82) is 0 Å². The number of aryl methyl sites for hydroxylation is 1. The molecular weight excluding hydrogens is 334 g/mol. The second kappa shape index (κ2) is 8.75. The van der Waals surface area contributed by atoms with E-state index in [-0.39, 0.29) is 24.0 Å². The lowest BCUT2D eigenvalue weighted by atomic mass is 9.94. The number of likely N-dealkylation sites (N-methyl/N-ethyl adjacent to an activating group) is 1. The van der Waals surface area contributed by atoms with E-state index in [9.17, 15) is 4.79 Å². The number of rotatable bonds is 6. The minimum Gasteiger partial charge on any atom is -0.379 e. The molecule has 1 aliphatic carbocycles. The van der Waals surface area contributed by atoms with Crippen molar-refractivity contribution in [1.82, 2.24) is 20.2 Å². The second-order valence-corrected chi connectivity index (χ2v) is 7.22. The fraction of sp³-hybridized carbons (Fsp3) is 0.722. The van der Waals surface area contributed by atoms with Crippen LogP contribution < -0.4 is 11.1 Å². The third kappa shape index (κ3) is 4.69. The molecule has 0 bridgehead atoms. The Morgan fingerprint density at radius 2 is 2.15 bits per heavy atom. The van der Waals surface area contributed by atoms with Gasteiger partial charge in [0.2, 0.25) is 5.95 Å². The molecule has 3 N–H and O–H groups in total. The second-order valence-electron chi connectivity index (χ2n) is 7.22. The molecule has 1 aromatic rings. The Labute approximate surface area is 154 Å². The summed E-state index contributed by atoms with van der Waals surface area (Å²) in [4.78, 5) is 23.5. The van der Waals surface area contributed by atoms with Crippen LogP contribution in [-0.2, 0) is 22.3 Å². The van der Waals surface area contributed by atoms with Crippen molar-refractivity contribution in [3.05, 3.63) is 17.0 Å². The van der Waals surface area contributed by atoms with E-state index >= 15 is 0 Å². The summed E-state index contributed by atoms with van der Waals surface area (Å²) < 4.78 is 11.5. The van der Waals surface area contributed by atoms with Gasteiger partial charge in [0, 0.05) is 24.4 Å². The topological polar surface area (TPSA) is 103 Å². The first kappa shape index (κ1) is 19.0. The molecule has 0 spiro atoms. The first-order chi connectivity index (χ1) is 12.5. The SMILES string of the molecule is CN(C)CCO[C@@H]1CCOC[C@@H]1NC(=O)c1nc(N)nc2c1CCCC2. The Morgan fingerprint density at radius 1 is 1.35 bits per heavy atom. The number of anilines is 1. The van der Waals surface area contributed by atoms with E-state index in [1.54, 1.807) is 0 Å². The number of nitrogen functional groups attached to an aromatic ring is 1. The molecule has 1 fully saturated rings. The zero-order chi connectivity index (χ0) is 18.5. The smallest absolute Gasteiger partial charge is 0.270 e. The molecule has 144 valence electrons. The van der Waals surface area contributed by atoms with Crippen LogP contribution in [0.2, 0.25) is 0 Å². The van der Waals surface area contributed by atoms with Gasteiger partial charge in [-0.25, -0.2) is 9.97 Å². The third-order valence-corrected chi connectivity index (χ3v) is 4.90. The van der Waals surface area contributed by atoms with Crippen LogP contribution in [0.4, 0.5) is 5.95 Å². The van der Waals surface area contributed by atoms with Gasteiger partial charge in [0.1, 0.15) is 5.69 Å². The molecule has 1 saturated heterocycles. The summed E-state index contributed by atoms with van der Waals surface area (Å²) in [5, 5.41) is 3.05. The minimum absolute atomic E-state index is 0.0531. The zero-order valence-corrected chi connectivity index (χ0v) is 15.7. The third-order valence-electron chi connectivity index (χ3n) is 4.90. The molecule has 26 heavy (non-hydrogen) atoms. The molecule has 8 heteroatoms. The number of hydrogen-bond donors (Lipinski definition) is 2. The Morgan fingerprint density at radius 3 is 2.96 bits per heavy atom. The normalized spacial score (nSPS) is 22.9. The molecule has 0 aromatic carbocycles. The highest BCUT2D eigenvalue weighted by Gasteiger charge is 2.30. The maximum Gasteiger partial charge on any atom is 0.270 e. The van der Waals surface area contributed by atoms with Crippen LogP contribution in [0.3, 0.4) is 0 Å². The van der Waals surface area contributed by atoms with Gasteiger partial charge in [0.15, 0.2) is 0 Å². The van der Waals surface area contributed by atoms with Crippen molar-refractivity contribution < 1.29 is 14.3 Å². The van der Waals surface area contributed by atoms with E-state index < -0.39 is 0 Å². The average Bonchev–Trinajstić information content (AvgIpc) is 2.62. The van der Waals surface area contributed by atoms with E-state index in [0.717, 1.165) is 49.9 Å². The molecule has 8 nitrogen and oxygen atoms in total. The molecule has 2 aliphatic rings. The number of amides is 1. The fourth-order valence-electron chi connectivity index (χ4n) is 3.48. The lowest BCUT2D eigenvalue weighted by molar-refractivity contribution is -0.0562. The number of aromatic nitrogens is 2. The number of ether oxygens (including phenoxy) is 2. The lowest BCUT2D eigenvalue weighted by Gasteiger charge is -2.32. The number of fused-ring (bicyclic) bond motifs is 1. The van der Waals surface area contributed by atoms with Gasteiger partial charge in [-0.3, -0.25) is 4.79 Å². The predicted octanol–water partition coefficient (Wildman–Crippen LogP) is 0.403. The predicted molar refractivity (Wildman–Crippen MR) is 98.1 cm³/mol. The molecule has 2 heterocycles.